The molecular weight excluding hydrogens is 412 g/mol. The lowest BCUT2D eigenvalue weighted by Gasteiger charge is -2.18. The molecule has 1 aliphatic rings. The Morgan fingerprint density at radius 1 is 1.10 bits per heavy atom. The van der Waals surface area contributed by atoms with E-state index in [4.69, 9.17) is 14.0 Å². The molecule has 0 bridgehead atoms. The van der Waals surface area contributed by atoms with Crippen LogP contribution < -0.4 is 14.8 Å². The third kappa shape index (κ3) is 3.59. The van der Waals surface area contributed by atoms with Gasteiger partial charge in [0.15, 0.2) is 28.8 Å². The van der Waals surface area contributed by atoms with Crippen LogP contribution in [0.4, 0.5) is 5.13 Å². The fraction of sp³-hybridized carbons (Fsp3) is 0.158. The van der Waals surface area contributed by atoms with Crippen LogP contribution in [0.3, 0.4) is 0 Å². The zero-order valence-electron chi connectivity index (χ0n) is 15.2. The molecule has 1 aliphatic heterocycles. The lowest BCUT2D eigenvalue weighted by molar-refractivity contribution is 0.101. The Bertz CT molecular complexity index is 1200. The second-order valence-electron chi connectivity index (χ2n) is 6.22. The van der Waals surface area contributed by atoms with Crippen LogP contribution in [0.15, 0.2) is 40.9 Å². The van der Waals surface area contributed by atoms with E-state index in [1.807, 2.05) is 25.1 Å². The number of carbonyl (C=O) groups is 1. The summed E-state index contributed by atoms with van der Waals surface area (Å²) in [6.45, 7) is 3.04. The number of hydrogen-bond donors (Lipinski definition) is 1. The van der Waals surface area contributed by atoms with Gasteiger partial charge in [0, 0.05) is 28.0 Å². The van der Waals surface area contributed by atoms with Gasteiger partial charge in [0.05, 0.1) is 4.88 Å². The van der Waals surface area contributed by atoms with E-state index in [0.717, 1.165) is 22.0 Å². The number of anilines is 1. The molecule has 4 aromatic rings. The summed E-state index contributed by atoms with van der Waals surface area (Å²) in [5.41, 5.74) is 0.894. The minimum atomic E-state index is -0.414. The van der Waals surface area contributed by atoms with Crippen molar-refractivity contribution in [3.8, 4) is 33.5 Å². The number of thiophene rings is 1. The molecule has 0 spiro atoms. The van der Waals surface area contributed by atoms with E-state index in [9.17, 15) is 4.79 Å². The van der Waals surface area contributed by atoms with Crippen LogP contribution in [-0.2, 0) is 0 Å². The second kappa shape index (κ2) is 7.30. The van der Waals surface area contributed by atoms with Gasteiger partial charge in [0.25, 0.3) is 5.91 Å². The summed E-state index contributed by atoms with van der Waals surface area (Å²) in [7, 11) is 0. The molecule has 0 aliphatic carbocycles. The lowest BCUT2D eigenvalue weighted by Crippen LogP contribution is -2.15. The Hall–Kier alpha value is -3.24. The number of benzene rings is 1. The molecule has 1 amide bonds. The Kier molecular flexibility index (Phi) is 4.49. The molecule has 4 heterocycles. The molecule has 0 saturated carbocycles. The summed E-state index contributed by atoms with van der Waals surface area (Å²) in [6.07, 6.45) is 0. The monoisotopic (exact) mass is 426 g/mol. The van der Waals surface area contributed by atoms with Crippen LogP contribution in [-0.4, -0.2) is 33.6 Å². The quantitative estimate of drug-likeness (QED) is 0.521. The van der Waals surface area contributed by atoms with Crippen molar-refractivity contribution in [2.24, 2.45) is 0 Å². The fourth-order valence-electron chi connectivity index (χ4n) is 2.81. The maximum atomic E-state index is 12.5. The summed E-state index contributed by atoms with van der Waals surface area (Å²) in [6, 6.07) is 11.0. The lowest BCUT2D eigenvalue weighted by atomic mass is 10.1. The summed E-state index contributed by atoms with van der Waals surface area (Å²) in [5.74, 6) is 1.97. The first-order valence-corrected chi connectivity index (χ1v) is 10.3. The third-order valence-electron chi connectivity index (χ3n) is 4.18. The number of carbonyl (C=O) groups excluding carboxylic acids is 1. The maximum Gasteiger partial charge on any atom is 0.279 e. The molecular formula is C19H14N4O4S2. The van der Waals surface area contributed by atoms with Crippen molar-refractivity contribution >= 4 is 33.9 Å². The number of nitrogens with one attached hydrogen (secondary N) is 1. The smallest absolute Gasteiger partial charge is 0.279 e. The standard InChI is InChI=1S/C19H14N4O4S2/c1-10-2-5-16(28-10)17-20-19(29-23-17)21-18(24)12-9-14(27-22-12)11-3-4-13-15(8-11)26-7-6-25-13/h2-5,8-9H,6-7H2,1H3,(H,20,21,23,24). The predicted octanol–water partition coefficient (Wildman–Crippen LogP) is 4.25. The first-order chi connectivity index (χ1) is 14.2. The van der Waals surface area contributed by atoms with E-state index >= 15 is 0 Å². The van der Waals surface area contributed by atoms with Gasteiger partial charge in [-0.1, -0.05) is 5.16 Å². The molecule has 10 heteroatoms. The highest BCUT2D eigenvalue weighted by Gasteiger charge is 2.18. The molecule has 5 rings (SSSR count). The Morgan fingerprint density at radius 2 is 1.97 bits per heavy atom. The molecule has 0 radical (unpaired) electrons. The van der Waals surface area contributed by atoms with Crippen molar-refractivity contribution in [3.63, 3.8) is 0 Å². The van der Waals surface area contributed by atoms with Gasteiger partial charge in [-0.15, -0.1) is 11.3 Å². The van der Waals surface area contributed by atoms with Crippen LogP contribution >= 0.6 is 22.9 Å². The number of amides is 1. The van der Waals surface area contributed by atoms with Gasteiger partial charge in [-0.05, 0) is 37.3 Å². The van der Waals surface area contributed by atoms with Crippen LogP contribution in [0, 0.1) is 6.92 Å². The number of aryl methyl sites for hydroxylation is 1. The van der Waals surface area contributed by atoms with E-state index in [-0.39, 0.29) is 5.69 Å². The molecule has 8 nitrogen and oxygen atoms in total. The van der Waals surface area contributed by atoms with Gasteiger partial charge in [-0.2, -0.15) is 9.36 Å². The molecule has 1 N–H and O–H groups in total. The average molecular weight is 426 g/mol. The van der Waals surface area contributed by atoms with Crippen molar-refractivity contribution in [3.05, 3.63) is 47.0 Å². The molecule has 0 unspecified atom stereocenters. The first-order valence-electron chi connectivity index (χ1n) is 8.74. The second-order valence-corrected chi connectivity index (χ2v) is 8.26. The van der Waals surface area contributed by atoms with E-state index in [1.54, 1.807) is 29.5 Å². The van der Waals surface area contributed by atoms with Crippen LogP contribution in [0.2, 0.25) is 0 Å². The van der Waals surface area contributed by atoms with Crippen molar-refractivity contribution in [2.45, 2.75) is 6.92 Å². The highest BCUT2D eigenvalue weighted by Crippen LogP contribution is 2.35. The number of aromatic nitrogens is 3. The Morgan fingerprint density at radius 3 is 2.79 bits per heavy atom. The number of ether oxygens (including phenoxy) is 2. The van der Waals surface area contributed by atoms with E-state index in [2.05, 4.69) is 19.8 Å². The summed E-state index contributed by atoms with van der Waals surface area (Å²) < 4.78 is 20.7. The minimum Gasteiger partial charge on any atom is -0.486 e. The zero-order valence-corrected chi connectivity index (χ0v) is 16.8. The summed E-state index contributed by atoms with van der Waals surface area (Å²) in [5, 5.41) is 6.98. The molecule has 1 aromatic carbocycles. The predicted molar refractivity (Wildman–Crippen MR) is 109 cm³/mol. The molecule has 146 valence electrons. The summed E-state index contributed by atoms with van der Waals surface area (Å²) >= 11 is 2.72. The molecule has 0 saturated heterocycles. The van der Waals surface area contributed by atoms with Crippen molar-refractivity contribution in [1.29, 1.82) is 0 Å². The van der Waals surface area contributed by atoms with Crippen LogP contribution in [0.25, 0.3) is 22.0 Å². The molecule has 0 fully saturated rings. The van der Waals surface area contributed by atoms with Crippen molar-refractivity contribution in [1.82, 2.24) is 14.5 Å². The van der Waals surface area contributed by atoms with Gasteiger partial charge in [0.2, 0.25) is 5.13 Å². The molecule has 29 heavy (non-hydrogen) atoms. The van der Waals surface area contributed by atoms with E-state index in [1.165, 1.54) is 4.88 Å². The number of rotatable bonds is 4. The number of hydrogen-bond acceptors (Lipinski definition) is 9. The Balaban J connectivity index is 1.32. The van der Waals surface area contributed by atoms with E-state index < -0.39 is 5.91 Å². The highest BCUT2D eigenvalue weighted by molar-refractivity contribution is 7.15. The van der Waals surface area contributed by atoms with Crippen LogP contribution in [0.5, 0.6) is 11.5 Å². The van der Waals surface area contributed by atoms with Crippen LogP contribution in [0.1, 0.15) is 15.4 Å². The van der Waals surface area contributed by atoms with Gasteiger partial charge >= 0.3 is 0 Å². The van der Waals surface area contributed by atoms with Gasteiger partial charge in [-0.25, -0.2) is 0 Å². The summed E-state index contributed by atoms with van der Waals surface area (Å²) in [4.78, 5) is 19.0. The molecule has 3 aromatic heterocycles. The molecule has 0 atom stereocenters. The first kappa shape index (κ1) is 17.8. The van der Waals surface area contributed by atoms with Gasteiger partial charge < -0.3 is 14.0 Å². The Labute approximate surface area is 173 Å². The normalized spacial score (nSPS) is 12.7. The largest absolute Gasteiger partial charge is 0.486 e. The number of nitrogens with zero attached hydrogens (tertiary/aromatic N) is 3. The van der Waals surface area contributed by atoms with Gasteiger partial charge in [0.1, 0.15) is 13.2 Å². The third-order valence-corrected chi connectivity index (χ3v) is 5.80. The maximum absolute atomic E-state index is 12.5. The van der Waals surface area contributed by atoms with Gasteiger partial charge in [-0.3, -0.25) is 10.1 Å². The number of fused-ring (bicyclic) bond motifs is 1. The van der Waals surface area contributed by atoms with Crippen molar-refractivity contribution in [2.75, 3.05) is 18.5 Å². The fourth-order valence-corrected chi connectivity index (χ4v) is 4.24. The minimum absolute atomic E-state index is 0.151. The zero-order chi connectivity index (χ0) is 19.8. The average Bonchev–Trinajstić information content (AvgIpc) is 3.48. The highest BCUT2D eigenvalue weighted by atomic mass is 32.1. The SMILES string of the molecule is Cc1ccc(-c2nsc(NC(=O)c3cc(-c4ccc5c(c4)OCCO5)on3)n2)s1. The van der Waals surface area contributed by atoms with E-state index in [0.29, 0.717) is 41.4 Å². The van der Waals surface area contributed by atoms with Crippen molar-refractivity contribution < 1.29 is 18.8 Å². The topological polar surface area (TPSA) is 99.4 Å².